The van der Waals surface area contributed by atoms with E-state index in [9.17, 15) is 8.42 Å². The predicted molar refractivity (Wildman–Crippen MR) is 71.8 cm³/mol. The van der Waals surface area contributed by atoms with Crippen LogP contribution in [0.1, 0.15) is 38.5 Å². The van der Waals surface area contributed by atoms with Gasteiger partial charge in [-0.3, -0.25) is 0 Å². The second-order valence-electron chi connectivity index (χ2n) is 4.28. The van der Waals surface area contributed by atoms with Crippen LogP contribution in [0.3, 0.4) is 0 Å². The quantitative estimate of drug-likeness (QED) is 0.672. The lowest BCUT2D eigenvalue weighted by Gasteiger charge is -2.12. The van der Waals surface area contributed by atoms with Crippen LogP contribution < -0.4 is 10.0 Å². The second-order valence-corrected chi connectivity index (χ2v) is 6.15. The maximum Gasteiger partial charge on any atom is 0.212 e. The number of hydrogen-bond acceptors (Lipinski definition) is 4. The maximum atomic E-state index is 11.8. The summed E-state index contributed by atoms with van der Waals surface area (Å²) in [6, 6.07) is 3.18. The SMILES string of the molecule is CCCNCCCS(=O)(=O)NC(C)c1ccco1. The monoisotopic (exact) mass is 274 g/mol. The first-order valence-corrected chi connectivity index (χ1v) is 7.94. The van der Waals surface area contributed by atoms with Crippen LogP contribution in [0.5, 0.6) is 0 Å². The van der Waals surface area contributed by atoms with Crippen molar-refractivity contribution in [3.05, 3.63) is 24.2 Å². The molecule has 18 heavy (non-hydrogen) atoms. The van der Waals surface area contributed by atoms with Gasteiger partial charge in [-0.2, -0.15) is 0 Å². The topological polar surface area (TPSA) is 71.3 Å². The molecular weight excluding hydrogens is 252 g/mol. The van der Waals surface area contributed by atoms with Gasteiger partial charge in [0, 0.05) is 0 Å². The summed E-state index contributed by atoms with van der Waals surface area (Å²) in [7, 11) is -3.24. The smallest absolute Gasteiger partial charge is 0.212 e. The third-order valence-corrected chi connectivity index (χ3v) is 4.06. The van der Waals surface area contributed by atoms with Crippen molar-refractivity contribution >= 4 is 10.0 Å². The summed E-state index contributed by atoms with van der Waals surface area (Å²) in [5.41, 5.74) is 0. The van der Waals surface area contributed by atoms with E-state index in [4.69, 9.17) is 4.42 Å². The summed E-state index contributed by atoms with van der Waals surface area (Å²) in [6.07, 6.45) is 3.20. The third kappa shape index (κ3) is 5.66. The highest BCUT2D eigenvalue weighted by Gasteiger charge is 2.16. The van der Waals surface area contributed by atoms with Crippen molar-refractivity contribution in [1.29, 1.82) is 0 Å². The van der Waals surface area contributed by atoms with Crippen molar-refractivity contribution in [3.63, 3.8) is 0 Å². The van der Waals surface area contributed by atoms with Gasteiger partial charge in [-0.15, -0.1) is 0 Å². The lowest BCUT2D eigenvalue weighted by atomic mass is 10.3. The molecule has 0 aromatic carbocycles. The van der Waals surface area contributed by atoms with Gasteiger partial charge in [0.15, 0.2) is 0 Å². The summed E-state index contributed by atoms with van der Waals surface area (Å²) >= 11 is 0. The van der Waals surface area contributed by atoms with Gasteiger partial charge in [0.25, 0.3) is 0 Å². The van der Waals surface area contributed by atoms with E-state index in [2.05, 4.69) is 17.0 Å². The van der Waals surface area contributed by atoms with E-state index in [0.29, 0.717) is 12.2 Å². The molecule has 0 radical (unpaired) electrons. The van der Waals surface area contributed by atoms with Gasteiger partial charge in [-0.05, 0) is 45.0 Å². The van der Waals surface area contributed by atoms with Crippen molar-refractivity contribution in [2.24, 2.45) is 0 Å². The number of furan rings is 1. The zero-order valence-corrected chi connectivity index (χ0v) is 11.8. The first-order valence-electron chi connectivity index (χ1n) is 6.29. The lowest BCUT2D eigenvalue weighted by molar-refractivity contribution is 0.459. The number of sulfonamides is 1. The molecule has 104 valence electrons. The lowest BCUT2D eigenvalue weighted by Crippen LogP contribution is -2.30. The average Bonchev–Trinajstić information content (AvgIpc) is 2.81. The van der Waals surface area contributed by atoms with Gasteiger partial charge in [0.05, 0.1) is 18.1 Å². The molecule has 0 bridgehead atoms. The van der Waals surface area contributed by atoms with Gasteiger partial charge >= 0.3 is 0 Å². The average molecular weight is 274 g/mol. The van der Waals surface area contributed by atoms with E-state index in [0.717, 1.165) is 19.5 Å². The zero-order chi connectivity index (χ0) is 13.4. The molecule has 1 unspecified atom stereocenters. The number of hydrogen-bond donors (Lipinski definition) is 2. The van der Waals surface area contributed by atoms with Crippen LogP contribution >= 0.6 is 0 Å². The first kappa shape index (κ1) is 15.2. The summed E-state index contributed by atoms with van der Waals surface area (Å²) in [5.74, 6) is 0.761. The molecule has 1 heterocycles. The van der Waals surface area contributed by atoms with Crippen LogP contribution in [-0.2, 0) is 10.0 Å². The Morgan fingerprint density at radius 3 is 2.78 bits per heavy atom. The minimum Gasteiger partial charge on any atom is -0.468 e. The molecule has 0 aliphatic heterocycles. The Hall–Kier alpha value is -0.850. The largest absolute Gasteiger partial charge is 0.468 e. The van der Waals surface area contributed by atoms with Gasteiger partial charge < -0.3 is 9.73 Å². The summed E-state index contributed by atoms with van der Waals surface area (Å²) in [5, 5.41) is 3.18. The Balaban J connectivity index is 2.31. The minimum atomic E-state index is -3.24. The highest BCUT2D eigenvalue weighted by molar-refractivity contribution is 7.89. The Morgan fingerprint density at radius 2 is 2.17 bits per heavy atom. The molecule has 0 spiro atoms. The molecule has 0 saturated carbocycles. The Morgan fingerprint density at radius 1 is 1.39 bits per heavy atom. The van der Waals surface area contributed by atoms with E-state index < -0.39 is 10.0 Å². The standard InChI is InChI=1S/C12H22N2O3S/c1-3-7-13-8-5-10-18(15,16)14-11(2)12-6-4-9-17-12/h4,6,9,11,13-14H,3,5,7-8,10H2,1-2H3. The van der Waals surface area contributed by atoms with Gasteiger partial charge in [0.1, 0.15) is 5.76 Å². The zero-order valence-electron chi connectivity index (χ0n) is 11.0. The summed E-state index contributed by atoms with van der Waals surface area (Å²) < 4.78 is 31.3. The molecule has 2 N–H and O–H groups in total. The Kier molecular flexibility index (Phi) is 6.38. The molecule has 0 aliphatic carbocycles. The summed E-state index contributed by atoms with van der Waals surface area (Å²) in [6.45, 7) is 5.50. The molecule has 1 aromatic heterocycles. The van der Waals surface area contributed by atoms with Crippen molar-refractivity contribution in [2.45, 2.75) is 32.7 Å². The van der Waals surface area contributed by atoms with Gasteiger partial charge in [0.2, 0.25) is 10.0 Å². The van der Waals surface area contributed by atoms with Gasteiger partial charge in [-0.1, -0.05) is 6.92 Å². The van der Waals surface area contributed by atoms with Crippen molar-refractivity contribution in [3.8, 4) is 0 Å². The fraction of sp³-hybridized carbons (Fsp3) is 0.667. The van der Waals surface area contributed by atoms with E-state index in [1.54, 1.807) is 19.1 Å². The molecular formula is C12H22N2O3S. The van der Waals surface area contributed by atoms with Crippen LogP contribution in [0, 0.1) is 0 Å². The molecule has 0 aliphatic rings. The van der Waals surface area contributed by atoms with Crippen LogP contribution in [0.25, 0.3) is 0 Å². The van der Waals surface area contributed by atoms with E-state index in [1.165, 1.54) is 6.26 Å². The number of rotatable bonds is 9. The summed E-state index contributed by atoms with van der Waals surface area (Å²) in [4.78, 5) is 0. The van der Waals surface area contributed by atoms with Crippen LogP contribution in [0.2, 0.25) is 0 Å². The predicted octanol–water partition coefficient (Wildman–Crippen LogP) is 1.65. The van der Waals surface area contributed by atoms with Crippen molar-refractivity contribution in [1.82, 2.24) is 10.0 Å². The van der Waals surface area contributed by atoms with Crippen molar-refractivity contribution in [2.75, 3.05) is 18.8 Å². The second kappa shape index (κ2) is 7.56. The molecule has 1 aromatic rings. The molecule has 1 rings (SSSR count). The van der Waals surface area contributed by atoms with Gasteiger partial charge in [-0.25, -0.2) is 13.1 Å². The number of nitrogens with one attached hydrogen (secondary N) is 2. The van der Waals surface area contributed by atoms with E-state index in [-0.39, 0.29) is 11.8 Å². The normalized spacial score (nSPS) is 13.7. The van der Waals surface area contributed by atoms with Crippen molar-refractivity contribution < 1.29 is 12.8 Å². The first-order chi connectivity index (χ1) is 8.55. The fourth-order valence-electron chi connectivity index (χ4n) is 1.61. The molecule has 0 amide bonds. The van der Waals surface area contributed by atoms with E-state index >= 15 is 0 Å². The Labute approximate surface area is 109 Å². The fourth-order valence-corrected chi connectivity index (χ4v) is 2.91. The molecule has 6 heteroatoms. The third-order valence-electron chi connectivity index (χ3n) is 2.52. The van der Waals surface area contributed by atoms with Crippen LogP contribution in [0.4, 0.5) is 0 Å². The maximum absolute atomic E-state index is 11.8. The molecule has 5 nitrogen and oxygen atoms in total. The molecule has 0 fully saturated rings. The van der Waals surface area contributed by atoms with E-state index in [1.807, 2.05) is 0 Å². The van der Waals surface area contributed by atoms with Crippen LogP contribution in [0.15, 0.2) is 22.8 Å². The Bertz CT molecular complexity index is 415. The molecule has 1 atom stereocenters. The minimum absolute atomic E-state index is 0.134. The highest BCUT2D eigenvalue weighted by Crippen LogP contribution is 2.13. The highest BCUT2D eigenvalue weighted by atomic mass is 32.2. The molecule has 0 saturated heterocycles. The van der Waals surface area contributed by atoms with Crippen LogP contribution in [-0.4, -0.2) is 27.3 Å².